The first-order valence-electron chi connectivity index (χ1n) is 7.07. The molecule has 2 aromatic rings. The number of rotatable bonds is 5. The van der Waals surface area contributed by atoms with E-state index in [1.807, 2.05) is 0 Å². The van der Waals surface area contributed by atoms with Gasteiger partial charge in [-0.05, 0) is 42.0 Å². The van der Waals surface area contributed by atoms with E-state index >= 15 is 0 Å². The van der Waals surface area contributed by atoms with Crippen LogP contribution >= 0.6 is 0 Å². The lowest BCUT2D eigenvalue weighted by Crippen LogP contribution is -2.32. The summed E-state index contributed by atoms with van der Waals surface area (Å²) in [5.41, 5.74) is 0.529. The van der Waals surface area contributed by atoms with Gasteiger partial charge in [0.25, 0.3) is 0 Å². The van der Waals surface area contributed by atoms with E-state index in [2.05, 4.69) is 15.4 Å². The fraction of sp³-hybridized carbons (Fsp3) is 0.188. The Morgan fingerprint density at radius 3 is 2.44 bits per heavy atom. The number of amides is 2. The van der Waals surface area contributed by atoms with Crippen molar-refractivity contribution in [1.29, 1.82) is 0 Å². The van der Waals surface area contributed by atoms with Crippen LogP contribution < -0.4 is 15.4 Å². The zero-order valence-corrected chi connectivity index (χ0v) is 12.7. The van der Waals surface area contributed by atoms with Gasteiger partial charge >= 0.3 is 12.4 Å². The van der Waals surface area contributed by atoms with E-state index in [0.29, 0.717) is 5.56 Å². The summed E-state index contributed by atoms with van der Waals surface area (Å²) >= 11 is 0. The monoisotopic (exact) mass is 358 g/mol. The molecule has 0 bridgehead atoms. The second-order valence-corrected chi connectivity index (χ2v) is 4.98. The van der Waals surface area contributed by atoms with Crippen LogP contribution in [0.1, 0.15) is 11.7 Å². The van der Waals surface area contributed by atoms with E-state index < -0.39 is 30.1 Å². The fourth-order valence-corrected chi connectivity index (χ4v) is 1.94. The van der Waals surface area contributed by atoms with Crippen molar-refractivity contribution in [3.05, 3.63) is 59.9 Å². The molecular weight excluding hydrogens is 344 g/mol. The van der Waals surface area contributed by atoms with Crippen LogP contribution in [0.3, 0.4) is 0 Å². The minimum Gasteiger partial charge on any atom is -0.406 e. The number of carbonyl (C=O) groups is 1. The third-order valence-electron chi connectivity index (χ3n) is 3.04. The van der Waals surface area contributed by atoms with Gasteiger partial charge in [0, 0.05) is 12.2 Å². The molecule has 2 rings (SSSR count). The number of benzene rings is 2. The SMILES string of the molecule is O=C(NCC(O)c1cccc(F)c1)Nc1ccc(OC(F)(F)F)cc1. The Hall–Kier alpha value is -2.81. The van der Waals surface area contributed by atoms with Gasteiger partial charge in [-0.2, -0.15) is 0 Å². The molecule has 2 amide bonds. The van der Waals surface area contributed by atoms with Gasteiger partial charge < -0.3 is 20.5 Å². The lowest BCUT2D eigenvalue weighted by Gasteiger charge is -2.13. The maximum atomic E-state index is 13.1. The van der Waals surface area contributed by atoms with Crippen molar-refractivity contribution in [1.82, 2.24) is 5.32 Å². The average molecular weight is 358 g/mol. The van der Waals surface area contributed by atoms with Gasteiger partial charge in [-0.25, -0.2) is 9.18 Å². The highest BCUT2D eigenvalue weighted by atomic mass is 19.4. The molecule has 9 heteroatoms. The third-order valence-corrected chi connectivity index (χ3v) is 3.04. The molecule has 0 aromatic heterocycles. The fourth-order valence-electron chi connectivity index (χ4n) is 1.94. The van der Waals surface area contributed by atoms with Gasteiger partial charge in [-0.3, -0.25) is 0 Å². The van der Waals surface area contributed by atoms with E-state index in [-0.39, 0.29) is 12.2 Å². The Kier molecular flexibility index (Phi) is 5.81. The molecule has 0 fully saturated rings. The predicted molar refractivity (Wildman–Crippen MR) is 81.5 cm³/mol. The Labute approximate surface area is 140 Å². The number of carbonyl (C=O) groups excluding carboxylic acids is 1. The lowest BCUT2D eigenvalue weighted by molar-refractivity contribution is -0.274. The normalized spacial score (nSPS) is 12.4. The van der Waals surface area contributed by atoms with Crippen molar-refractivity contribution in [3.63, 3.8) is 0 Å². The Morgan fingerprint density at radius 1 is 1.16 bits per heavy atom. The zero-order valence-electron chi connectivity index (χ0n) is 12.7. The summed E-state index contributed by atoms with van der Waals surface area (Å²) in [6.07, 6.45) is -5.90. The lowest BCUT2D eigenvalue weighted by atomic mass is 10.1. The summed E-state index contributed by atoms with van der Waals surface area (Å²) in [5.74, 6) is -0.929. The summed E-state index contributed by atoms with van der Waals surface area (Å²) in [4.78, 5) is 11.7. The van der Waals surface area contributed by atoms with Crippen LogP contribution in [0, 0.1) is 5.82 Å². The van der Waals surface area contributed by atoms with Gasteiger partial charge in [0.1, 0.15) is 11.6 Å². The summed E-state index contributed by atoms with van der Waals surface area (Å²) < 4.78 is 52.9. The Bertz CT molecular complexity index is 720. The van der Waals surface area contributed by atoms with Crippen LogP contribution in [0.4, 0.5) is 28.0 Å². The van der Waals surface area contributed by atoms with Gasteiger partial charge in [0.15, 0.2) is 0 Å². The van der Waals surface area contributed by atoms with Crippen molar-refractivity contribution >= 4 is 11.7 Å². The van der Waals surface area contributed by atoms with Crippen molar-refractivity contribution in [2.24, 2.45) is 0 Å². The molecule has 1 atom stereocenters. The highest BCUT2D eigenvalue weighted by Crippen LogP contribution is 2.23. The van der Waals surface area contributed by atoms with Crippen molar-refractivity contribution in [2.45, 2.75) is 12.5 Å². The highest BCUT2D eigenvalue weighted by molar-refractivity contribution is 5.89. The highest BCUT2D eigenvalue weighted by Gasteiger charge is 2.30. The number of aliphatic hydroxyl groups is 1. The van der Waals surface area contributed by atoms with Crippen LogP contribution in [-0.4, -0.2) is 24.0 Å². The van der Waals surface area contributed by atoms with E-state index in [1.165, 1.54) is 30.3 Å². The Morgan fingerprint density at radius 2 is 1.84 bits per heavy atom. The van der Waals surface area contributed by atoms with E-state index in [4.69, 9.17) is 0 Å². The second kappa shape index (κ2) is 7.84. The molecule has 0 radical (unpaired) electrons. The van der Waals surface area contributed by atoms with Gasteiger partial charge in [0.2, 0.25) is 0 Å². The zero-order chi connectivity index (χ0) is 18.4. The summed E-state index contributed by atoms with van der Waals surface area (Å²) in [6.45, 7) is -0.176. The van der Waals surface area contributed by atoms with Crippen LogP contribution in [0.5, 0.6) is 5.75 Å². The molecule has 0 saturated carbocycles. The molecule has 3 N–H and O–H groups in total. The molecule has 0 aliphatic rings. The Balaban J connectivity index is 1.84. The van der Waals surface area contributed by atoms with E-state index in [0.717, 1.165) is 18.2 Å². The van der Waals surface area contributed by atoms with Crippen LogP contribution in [0.2, 0.25) is 0 Å². The van der Waals surface area contributed by atoms with E-state index in [1.54, 1.807) is 0 Å². The third kappa shape index (κ3) is 6.30. The van der Waals surface area contributed by atoms with Gasteiger partial charge in [-0.15, -0.1) is 13.2 Å². The number of alkyl halides is 3. The molecule has 134 valence electrons. The molecule has 0 saturated heterocycles. The molecule has 0 spiro atoms. The first-order chi connectivity index (χ1) is 11.7. The van der Waals surface area contributed by atoms with Crippen LogP contribution in [-0.2, 0) is 0 Å². The molecular formula is C16H14F4N2O3. The first kappa shape index (κ1) is 18.5. The number of anilines is 1. The molecule has 0 heterocycles. The minimum absolute atomic E-state index is 0.176. The average Bonchev–Trinajstić information content (AvgIpc) is 2.53. The van der Waals surface area contributed by atoms with Crippen molar-refractivity contribution in [2.75, 3.05) is 11.9 Å². The first-order valence-corrected chi connectivity index (χ1v) is 7.07. The van der Waals surface area contributed by atoms with Crippen LogP contribution in [0.15, 0.2) is 48.5 Å². The summed E-state index contributed by atoms with van der Waals surface area (Å²) in [5, 5.41) is 14.6. The second-order valence-electron chi connectivity index (χ2n) is 4.98. The number of aliphatic hydroxyl groups excluding tert-OH is 1. The standard InChI is InChI=1S/C16H14F4N2O3/c17-11-3-1-2-10(8-11)14(23)9-21-15(24)22-12-4-6-13(7-5-12)25-16(18,19)20/h1-8,14,23H,9H2,(H2,21,22,24). The summed E-state index contributed by atoms with van der Waals surface area (Å²) in [7, 11) is 0. The van der Waals surface area contributed by atoms with Gasteiger partial charge in [0.05, 0.1) is 6.10 Å². The van der Waals surface area contributed by atoms with Crippen molar-refractivity contribution in [3.8, 4) is 5.75 Å². The molecule has 25 heavy (non-hydrogen) atoms. The number of halogens is 4. The summed E-state index contributed by atoms with van der Waals surface area (Å²) in [6, 6.07) is 9.17. The smallest absolute Gasteiger partial charge is 0.406 e. The minimum atomic E-state index is -4.79. The van der Waals surface area contributed by atoms with Crippen molar-refractivity contribution < 1.29 is 32.2 Å². The molecule has 2 aromatic carbocycles. The maximum Gasteiger partial charge on any atom is 0.573 e. The molecule has 1 unspecified atom stereocenters. The number of nitrogens with one attached hydrogen (secondary N) is 2. The quantitative estimate of drug-likeness (QED) is 0.716. The number of urea groups is 1. The predicted octanol–water partition coefficient (Wildman–Crippen LogP) is 3.58. The largest absolute Gasteiger partial charge is 0.573 e. The number of hydrogen-bond acceptors (Lipinski definition) is 3. The molecule has 5 nitrogen and oxygen atoms in total. The van der Waals surface area contributed by atoms with Gasteiger partial charge in [-0.1, -0.05) is 12.1 Å². The maximum absolute atomic E-state index is 13.1. The molecule has 0 aliphatic carbocycles. The number of hydrogen-bond donors (Lipinski definition) is 3. The number of ether oxygens (including phenoxy) is 1. The van der Waals surface area contributed by atoms with E-state index in [9.17, 15) is 27.5 Å². The van der Waals surface area contributed by atoms with Crippen LogP contribution in [0.25, 0.3) is 0 Å². The molecule has 0 aliphatic heterocycles. The topological polar surface area (TPSA) is 70.6 Å².